The molecule has 0 spiro atoms. The molecule has 0 aliphatic rings. The van der Waals surface area contributed by atoms with Crippen LogP contribution in [0.2, 0.25) is 12.6 Å². The van der Waals surface area contributed by atoms with Gasteiger partial charge in [0.05, 0.1) is 0 Å². The number of alkyl halides is 1. The highest BCUT2D eigenvalue weighted by molar-refractivity contribution is 14.1. The number of halogens is 3. The number of hydrogen-bond donors (Lipinski definition) is 0. The molecule has 0 N–H and O–H groups in total. The van der Waals surface area contributed by atoms with E-state index in [-0.39, 0.29) is 0 Å². The largest absolute Gasteiger partial charge is 0.248 e. The molecule has 0 amide bonds. The predicted molar refractivity (Wildman–Crippen MR) is 121 cm³/mol. The minimum Gasteiger partial charge on any atom is -0.146 e. The van der Waals surface area contributed by atoms with Gasteiger partial charge in [-0.05, 0) is 23.4 Å². The molecule has 0 bridgehead atoms. The lowest BCUT2D eigenvalue weighted by Gasteiger charge is -2.09. The fourth-order valence-electron chi connectivity index (χ4n) is 3.00. The maximum absolute atomic E-state index is 6.11. The summed E-state index contributed by atoms with van der Waals surface area (Å²) in [5.74, 6) is 0. The maximum atomic E-state index is 6.11. The Balaban J connectivity index is 3.00. The summed E-state index contributed by atoms with van der Waals surface area (Å²) in [6.07, 6.45) is 22.7. The predicted octanol–water partition coefficient (Wildman–Crippen LogP) is 9.21. The molecule has 0 aromatic heterocycles. The van der Waals surface area contributed by atoms with Crippen LogP contribution in [0.3, 0.4) is 0 Å². The molecule has 0 fully saturated rings. The Bertz CT molecular complexity index is 232. The monoisotopic (exact) mass is 492 g/mol. The average Bonchev–Trinajstić information content (AvgIpc) is 2.49. The van der Waals surface area contributed by atoms with Crippen LogP contribution in [0.5, 0.6) is 0 Å². The van der Waals surface area contributed by atoms with Crippen molar-refractivity contribution in [1.29, 1.82) is 0 Å². The Morgan fingerprint density at radius 3 is 1.04 bits per heavy atom. The molecule has 0 nitrogen and oxygen atoms in total. The van der Waals surface area contributed by atoms with E-state index in [1.54, 1.807) is 0 Å². The van der Waals surface area contributed by atoms with Gasteiger partial charge in [0.1, 0.15) is 0 Å². The standard InChI is InChI=1S/C19H39Cl2ISi/c1-23(20,21)19-17-15-13-11-9-7-5-3-2-4-6-8-10-12-14-16-18-22/h2-19H2,1H3. The van der Waals surface area contributed by atoms with E-state index in [4.69, 9.17) is 22.2 Å². The molecule has 0 saturated heterocycles. The second-order valence-corrected chi connectivity index (χ2v) is 16.5. The Hall–Kier alpha value is 1.53. The fourth-order valence-corrected chi connectivity index (χ4v) is 5.22. The fraction of sp³-hybridized carbons (Fsp3) is 1.00. The Kier molecular flexibility index (Phi) is 19.5. The first-order chi connectivity index (χ1) is 11.1. The van der Waals surface area contributed by atoms with E-state index in [0.29, 0.717) is 0 Å². The van der Waals surface area contributed by atoms with Gasteiger partial charge in [0.15, 0.2) is 0 Å². The second kappa shape index (κ2) is 18.3. The molecule has 0 unspecified atom stereocenters. The van der Waals surface area contributed by atoms with E-state index >= 15 is 0 Å². The lowest BCUT2D eigenvalue weighted by atomic mass is 10.0. The molecular formula is C19H39Cl2ISi. The summed E-state index contributed by atoms with van der Waals surface area (Å²) in [6.45, 7) is 0.208. The van der Waals surface area contributed by atoms with Crippen LogP contribution in [0, 0.1) is 0 Å². The van der Waals surface area contributed by atoms with Crippen molar-refractivity contribution >= 4 is 51.4 Å². The van der Waals surface area contributed by atoms with Crippen molar-refractivity contribution in [1.82, 2.24) is 0 Å². The Labute approximate surface area is 170 Å². The quantitative estimate of drug-likeness (QED) is 0.0587. The highest BCUT2D eigenvalue weighted by Gasteiger charge is 2.19. The highest BCUT2D eigenvalue weighted by Crippen LogP contribution is 2.23. The van der Waals surface area contributed by atoms with Crippen LogP contribution in [0.1, 0.15) is 103 Å². The van der Waals surface area contributed by atoms with E-state index in [2.05, 4.69) is 22.6 Å². The van der Waals surface area contributed by atoms with Gasteiger partial charge in [0, 0.05) is 0 Å². The zero-order chi connectivity index (χ0) is 17.2. The van der Waals surface area contributed by atoms with Crippen LogP contribution in [0.4, 0.5) is 0 Å². The summed E-state index contributed by atoms with van der Waals surface area (Å²) in [6, 6.07) is 1.06. The molecule has 23 heavy (non-hydrogen) atoms. The third kappa shape index (κ3) is 23.5. The van der Waals surface area contributed by atoms with Crippen LogP contribution in [-0.2, 0) is 0 Å². The van der Waals surface area contributed by atoms with Crippen LogP contribution < -0.4 is 0 Å². The van der Waals surface area contributed by atoms with Crippen molar-refractivity contribution in [2.75, 3.05) is 4.43 Å². The molecule has 0 rings (SSSR count). The first kappa shape index (κ1) is 24.5. The summed E-state index contributed by atoms with van der Waals surface area (Å²) >= 11 is 14.7. The second-order valence-electron chi connectivity index (χ2n) is 7.17. The minimum atomic E-state index is -1.82. The smallest absolute Gasteiger partial charge is 0.146 e. The summed E-state index contributed by atoms with van der Waals surface area (Å²) in [5, 5.41) is 0. The lowest BCUT2D eigenvalue weighted by molar-refractivity contribution is 0.532. The summed E-state index contributed by atoms with van der Waals surface area (Å²) in [4.78, 5) is 0. The molecule has 0 heterocycles. The van der Waals surface area contributed by atoms with E-state index < -0.39 is 6.69 Å². The first-order valence-corrected chi connectivity index (χ1v) is 16.3. The number of unbranched alkanes of at least 4 members (excludes halogenated alkanes) is 15. The number of rotatable bonds is 18. The zero-order valence-corrected chi connectivity index (χ0v) is 20.0. The van der Waals surface area contributed by atoms with Gasteiger partial charge < -0.3 is 0 Å². The SMILES string of the molecule is C[Si](Cl)(Cl)CCCCCCCCCCCCCCCCCCI. The molecule has 0 radical (unpaired) electrons. The van der Waals surface area contributed by atoms with Crippen molar-refractivity contribution in [3.63, 3.8) is 0 Å². The van der Waals surface area contributed by atoms with Gasteiger partial charge in [-0.15, -0.1) is 22.2 Å². The molecule has 0 atom stereocenters. The summed E-state index contributed by atoms with van der Waals surface area (Å²) in [5.41, 5.74) is 0. The van der Waals surface area contributed by atoms with Crippen LogP contribution in [0.15, 0.2) is 0 Å². The van der Waals surface area contributed by atoms with E-state index in [1.165, 1.54) is 107 Å². The van der Waals surface area contributed by atoms with E-state index in [9.17, 15) is 0 Å². The lowest BCUT2D eigenvalue weighted by Crippen LogP contribution is -2.11. The maximum Gasteiger partial charge on any atom is 0.248 e. The molecule has 0 aromatic rings. The van der Waals surface area contributed by atoms with Gasteiger partial charge in [-0.1, -0.05) is 119 Å². The van der Waals surface area contributed by atoms with Crippen molar-refractivity contribution in [3.05, 3.63) is 0 Å². The van der Waals surface area contributed by atoms with Gasteiger partial charge in [0.25, 0.3) is 0 Å². The summed E-state index contributed by atoms with van der Waals surface area (Å²) < 4.78 is 1.33. The topological polar surface area (TPSA) is 0 Å². The van der Waals surface area contributed by atoms with Crippen molar-refractivity contribution in [2.24, 2.45) is 0 Å². The Morgan fingerprint density at radius 2 is 0.783 bits per heavy atom. The van der Waals surface area contributed by atoms with Gasteiger partial charge in [-0.3, -0.25) is 0 Å². The molecule has 4 heteroatoms. The molecule has 0 saturated carbocycles. The third-order valence-corrected chi connectivity index (χ3v) is 7.63. The third-order valence-electron chi connectivity index (χ3n) is 4.50. The Morgan fingerprint density at radius 1 is 0.522 bits per heavy atom. The van der Waals surface area contributed by atoms with Gasteiger partial charge in [-0.2, -0.15) is 0 Å². The van der Waals surface area contributed by atoms with Crippen LogP contribution in [-0.4, -0.2) is 11.1 Å². The van der Waals surface area contributed by atoms with Crippen molar-refractivity contribution in [3.8, 4) is 0 Å². The molecular weight excluding hydrogens is 454 g/mol. The normalized spacial score (nSPS) is 12.0. The van der Waals surface area contributed by atoms with Crippen molar-refractivity contribution in [2.45, 2.75) is 115 Å². The van der Waals surface area contributed by atoms with Crippen molar-refractivity contribution < 1.29 is 0 Å². The zero-order valence-electron chi connectivity index (χ0n) is 15.4. The van der Waals surface area contributed by atoms with E-state index in [1.807, 2.05) is 6.55 Å². The minimum absolute atomic E-state index is 1.06. The molecule has 140 valence electrons. The first-order valence-electron chi connectivity index (χ1n) is 10.00. The number of hydrogen-bond acceptors (Lipinski definition) is 0. The average molecular weight is 493 g/mol. The van der Waals surface area contributed by atoms with Gasteiger partial charge >= 0.3 is 0 Å². The van der Waals surface area contributed by atoms with Gasteiger partial charge in [0.2, 0.25) is 6.69 Å². The van der Waals surface area contributed by atoms with E-state index in [0.717, 1.165) is 6.04 Å². The molecule has 0 aliphatic heterocycles. The van der Waals surface area contributed by atoms with Crippen LogP contribution >= 0.6 is 44.7 Å². The summed E-state index contributed by atoms with van der Waals surface area (Å²) in [7, 11) is 0. The van der Waals surface area contributed by atoms with Gasteiger partial charge in [-0.25, -0.2) is 0 Å². The highest BCUT2D eigenvalue weighted by atomic mass is 127. The van der Waals surface area contributed by atoms with Crippen LogP contribution in [0.25, 0.3) is 0 Å². The molecule has 0 aromatic carbocycles. The molecule has 0 aliphatic carbocycles.